The summed E-state index contributed by atoms with van der Waals surface area (Å²) in [6, 6.07) is 0. The molecule has 0 N–H and O–H groups in total. The fourth-order valence-corrected chi connectivity index (χ4v) is 2.66. The third-order valence-corrected chi connectivity index (χ3v) is 3.92. The number of nitrogens with zero attached hydrogens (tertiary/aromatic N) is 4. The van der Waals surface area contributed by atoms with E-state index in [4.69, 9.17) is 9.26 Å². The van der Waals surface area contributed by atoms with Crippen LogP contribution in [-0.4, -0.2) is 31.3 Å². The average Bonchev–Trinajstić information content (AvgIpc) is 3.12. The van der Waals surface area contributed by atoms with Crippen molar-refractivity contribution in [3.05, 3.63) is 29.9 Å². The summed E-state index contributed by atoms with van der Waals surface area (Å²) in [6.07, 6.45) is 5.58. The van der Waals surface area contributed by atoms with E-state index in [0.717, 1.165) is 19.4 Å². The Labute approximate surface area is 135 Å². The van der Waals surface area contributed by atoms with Gasteiger partial charge in [-0.05, 0) is 40.5 Å². The summed E-state index contributed by atoms with van der Waals surface area (Å²) in [5, 5.41) is 3.97. The molecular weight excluding hydrogens is 296 g/mol. The number of carbonyl (C=O) groups excluding carboxylic acids is 1. The van der Waals surface area contributed by atoms with Crippen molar-refractivity contribution in [3.63, 3.8) is 0 Å². The Bertz CT molecular complexity index is 698. The molecule has 0 bridgehead atoms. The normalized spacial score (nSPS) is 19.2. The number of rotatable bonds is 3. The Kier molecular flexibility index (Phi) is 3.95. The lowest BCUT2D eigenvalue weighted by molar-refractivity contribution is -0.156. The first-order valence-corrected chi connectivity index (χ1v) is 7.89. The van der Waals surface area contributed by atoms with Gasteiger partial charge in [-0.15, -0.1) is 0 Å². The zero-order valence-corrected chi connectivity index (χ0v) is 13.9. The van der Waals surface area contributed by atoms with Crippen molar-refractivity contribution in [3.8, 4) is 0 Å². The number of hydrogen-bond donors (Lipinski definition) is 0. The van der Waals surface area contributed by atoms with E-state index in [1.54, 1.807) is 6.92 Å². The smallest absolute Gasteiger partial charge is 0.317 e. The van der Waals surface area contributed by atoms with Crippen molar-refractivity contribution in [2.24, 2.45) is 0 Å². The molecule has 124 valence electrons. The highest BCUT2D eigenvalue weighted by Crippen LogP contribution is 2.28. The molecule has 7 heteroatoms. The van der Waals surface area contributed by atoms with Gasteiger partial charge in [-0.2, -0.15) is 4.98 Å². The summed E-state index contributed by atoms with van der Waals surface area (Å²) in [4.78, 5) is 20.7. The summed E-state index contributed by atoms with van der Waals surface area (Å²) in [6.45, 7) is 8.02. The van der Waals surface area contributed by atoms with Crippen LogP contribution in [0, 0.1) is 0 Å². The predicted octanol–water partition coefficient (Wildman–Crippen LogP) is 2.44. The van der Waals surface area contributed by atoms with E-state index in [9.17, 15) is 4.79 Å². The number of fused-ring (bicyclic) bond motifs is 1. The SMILES string of the molecule is CC(C(=O)OC(C)(C)C)c1noc(C2CCc3cncn3C2)n1. The van der Waals surface area contributed by atoms with E-state index in [1.807, 2.05) is 33.3 Å². The van der Waals surface area contributed by atoms with E-state index in [1.165, 1.54) is 5.69 Å². The quantitative estimate of drug-likeness (QED) is 0.808. The van der Waals surface area contributed by atoms with Crippen molar-refractivity contribution in [1.29, 1.82) is 0 Å². The maximum atomic E-state index is 12.1. The second-order valence-corrected chi connectivity index (χ2v) is 7.02. The molecule has 0 spiro atoms. The maximum absolute atomic E-state index is 12.1. The summed E-state index contributed by atoms with van der Waals surface area (Å²) in [5.41, 5.74) is 0.696. The molecule has 1 aliphatic rings. The molecule has 2 aromatic rings. The minimum absolute atomic E-state index is 0.156. The molecule has 3 rings (SSSR count). The van der Waals surface area contributed by atoms with Crippen LogP contribution in [0.15, 0.2) is 17.0 Å². The molecule has 0 aromatic carbocycles. The summed E-state index contributed by atoms with van der Waals surface area (Å²) in [5.74, 6) is 0.230. The van der Waals surface area contributed by atoms with Gasteiger partial charge >= 0.3 is 5.97 Å². The van der Waals surface area contributed by atoms with E-state index >= 15 is 0 Å². The Balaban J connectivity index is 1.70. The Morgan fingerprint density at radius 3 is 3.00 bits per heavy atom. The van der Waals surface area contributed by atoms with E-state index in [-0.39, 0.29) is 11.9 Å². The monoisotopic (exact) mass is 318 g/mol. The molecule has 0 saturated carbocycles. The van der Waals surface area contributed by atoms with Crippen molar-refractivity contribution in [2.45, 2.75) is 64.5 Å². The summed E-state index contributed by atoms with van der Waals surface area (Å²) >= 11 is 0. The van der Waals surface area contributed by atoms with Crippen molar-refractivity contribution in [1.82, 2.24) is 19.7 Å². The second kappa shape index (κ2) is 5.79. The van der Waals surface area contributed by atoms with Gasteiger partial charge in [-0.1, -0.05) is 5.16 Å². The zero-order chi connectivity index (χ0) is 16.6. The number of aryl methyl sites for hydroxylation is 1. The number of ether oxygens (including phenoxy) is 1. The van der Waals surface area contributed by atoms with Crippen LogP contribution in [0.2, 0.25) is 0 Å². The zero-order valence-electron chi connectivity index (χ0n) is 13.9. The average molecular weight is 318 g/mol. The second-order valence-electron chi connectivity index (χ2n) is 7.02. The molecule has 0 radical (unpaired) electrons. The first kappa shape index (κ1) is 15.7. The molecule has 2 atom stereocenters. The van der Waals surface area contributed by atoms with Crippen LogP contribution in [-0.2, 0) is 22.5 Å². The van der Waals surface area contributed by atoms with Crippen LogP contribution in [0.5, 0.6) is 0 Å². The number of carbonyl (C=O) groups is 1. The number of imidazole rings is 1. The van der Waals surface area contributed by atoms with Gasteiger partial charge in [-0.25, -0.2) is 4.98 Å². The van der Waals surface area contributed by atoms with E-state index in [0.29, 0.717) is 11.7 Å². The van der Waals surface area contributed by atoms with Gasteiger partial charge in [0.15, 0.2) is 5.82 Å². The predicted molar refractivity (Wildman–Crippen MR) is 81.8 cm³/mol. The number of hydrogen-bond acceptors (Lipinski definition) is 6. The van der Waals surface area contributed by atoms with Gasteiger partial charge < -0.3 is 13.8 Å². The topological polar surface area (TPSA) is 83.0 Å². The molecule has 7 nitrogen and oxygen atoms in total. The molecule has 0 aliphatic carbocycles. The third kappa shape index (κ3) is 3.43. The van der Waals surface area contributed by atoms with Crippen molar-refractivity contribution >= 4 is 5.97 Å². The largest absolute Gasteiger partial charge is 0.459 e. The maximum Gasteiger partial charge on any atom is 0.317 e. The van der Waals surface area contributed by atoms with Gasteiger partial charge in [-0.3, -0.25) is 4.79 Å². The minimum Gasteiger partial charge on any atom is -0.459 e. The number of esters is 1. The molecular formula is C16H22N4O3. The minimum atomic E-state index is -0.542. The highest BCUT2D eigenvalue weighted by molar-refractivity contribution is 5.76. The lowest BCUT2D eigenvalue weighted by Gasteiger charge is -2.21. The Morgan fingerprint density at radius 1 is 1.48 bits per heavy atom. The highest BCUT2D eigenvalue weighted by atomic mass is 16.6. The number of aromatic nitrogens is 4. The standard InChI is InChI=1S/C16H22N4O3/c1-10(15(21)22-16(2,3)4)13-18-14(23-19-13)11-5-6-12-7-17-9-20(12)8-11/h7,9-11H,5-6,8H2,1-4H3. The van der Waals surface area contributed by atoms with Crippen LogP contribution in [0.3, 0.4) is 0 Å². The van der Waals surface area contributed by atoms with Crippen molar-refractivity contribution < 1.29 is 14.1 Å². The van der Waals surface area contributed by atoms with E-state index < -0.39 is 11.5 Å². The van der Waals surface area contributed by atoms with Gasteiger partial charge in [0.1, 0.15) is 11.5 Å². The van der Waals surface area contributed by atoms with Crippen molar-refractivity contribution in [2.75, 3.05) is 0 Å². The van der Waals surface area contributed by atoms with Gasteiger partial charge in [0.2, 0.25) is 5.89 Å². The molecule has 0 amide bonds. The van der Waals surface area contributed by atoms with Gasteiger partial charge in [0, 0.05) is 18.4 Å². The fourth-order valence-electron chi connectivity index (χ4n) is 2.66. The van der Waals surface area contributed by atoms with Crippen LogP contribution >= 0.6 is 0 Å². The summed E-state index contributed by atoms with van der Waals surface area (Å²) in [7, 11) is 0. The van der Waals surface area contributed by atoms with E-state index in [2.05, 4.69) is 19.7 Å². The first-order chi connectivity index (χ1) is 10.8. The Morgan fingerprint density at radius 2 is 2.26 bits per heavy atom. The molecule has 3 heterocycles. The van der Waals surface area contributed by atoms with Crippen LogP contribution in [0.1, 0.15) is 63.4 Å². The van der Waals surface area contributed by atoms with Crippen LogP contribution < -0.4 is 0 Å². The summed E-state index contributed by atoms with van der Waals surface area (Å²) < 4.78 is 12.9. The first-order valence-electron chi connectivity index (χ1n) is 7.89. The van der Waals surface area contributed by atoms with Gasteiger partial charge in [0.25, 0.3) is 0 Å². The molecule has 0 saturated heterocycles. The molecule has 2 aromatic heterocycles. The van der Waals surface area contributed by atoms with Crippen LogP contribution in [0.4, 0.5) is 0 Å². The molecule has 23 heavy (non-hydrogen) atoms. The molecule has 0 fully saturated rings. The lowest BCUT2D eigenvalue weighted by Crippen LogP contribution is -2.27. The molecule has 2 unspecified atom stereocenters. The van der Waals surface area contributed by atoms with Crippen LogP contribution in [0.25, 0.3) is 0 Å². The van der Waals surface area contributed by atoms with Gasteiger partial charge in [0.05, 0.1) is 12.2 Å². The third-order valence-electron chi connectivity index (χ3n) is 3.92. The Hall–Kier alpha value is -2.18. The highest BCUT2D eigenvalue weighted by Gasteiger charge is 2.29. The molecule has 1 aliphatic heterocycles. The lowest BCUT2D eigenvalue weighted by atomic mass is 9.98. The fraction of sp³-hybridized carbons (Fsp3) is 0.625.